The molecule has 0 aromatic heterocycles. The van der Waals surface area contributed by atoms with Gasteiger partial charge in [-0.15, -0.1) is 0 Å². The Morgan fingerprint density at radius 3 is 2.27 bits per heavy atom. The predicted molar refractivity (Wildman–Crippen MR) is 68.1 cm³/mol. The van der Waals surface area contributed by atoms with Crippen molar-refractivity contribution in [3.05, 3.63) is 35.9 Å². The topological polar surface area (TPSA) is 20.2 Å². The second-order valence-electron chi connectivity index (χ2n) is 3.91. The normalized spacial score (nSPS) is 11.7. The first-order chi connectivity index (χ1) is 7.20. The molecule has 84 valence electrons. The van der Waals surface area contributed by atoms with Crippen LogP contribution in [0.5, 0.6) is 0 Å². The maximum atomic E-state index is 10.1. The maximum Gasteiger partial charge on any atom is 0.0732 e. The van der Waals surface area contributed by atoms with Crippen molar-refractivity contribution in [1.29, 1.82) is 0 Å². The molecule has 0 unspecified atom stereocenters. The zero-order chi connectivity index (χ0) is 11.1. The Hall–Kier alpha value is -0.470. The molecule has 1 aromatic carbocycles. The summed E-state index contributed by atoms with van der Waals surface area (Å²) < 4.78 is 0. The number of hydrogen-bond donors (Lipinski definition) is 1. The van der Waals surface area contributed by atoms with Crippen molar-refractivity contribution in [2.45, 2.75) is 38.0 Å². The molecule has 0 amide bonds. The van der Waals surface area contributed by atoms with Gasteiger partial charge in [0.1, 0.15) is 0 Å². The van der Waals surface area contributed by atoms with Gasteiger partial charge < -0.3 is 5.11 Å². The molecule has 0 fully saturated rings. The molecule has 15 heavy (non-hydrogen) atoms. The van der Waals surface area contributed by atoms with Crippen molar-refractivity contribution < 1.29 is 5.11 Å². The molecular weight excluding hydrogens is 204 g/mol. The highest BCUT2D eigenvalue weighted by atomic mass is 32.2. The van der Waals surface area contributed by atoms with Gasteiger partial charge in [0.25, 0.3) is 0 Å². The zero-order valence-electron chi connectivity index (χ0n) is 9.57. The van der Waals surface area contributed by atoms with Crippen LogP contribution in [0.15, 0.2) is 30.3 Å². The fourth-order valence-corrected chi connectivity index (χ4v) is 2.71. The van der Waals surface area contributed by atoms with Crippen molar-refractivity contribution in [3.63, 3.8) is 0 Å². The van der Waals surface area contributed by atoms with Crippen LogP contribution in [0.25, 0.3) is 0 Å². The third-order valence-corrected chi connectivity index (χ3v) is 4.08. The van der Waals surface area contributed by atoms with Crippen LogP contribution in [0.1, 0.15) is 32.3 Å². The molecule has 2 heteroatoms. The molecule has 0 heterocycles. The van der Waals surface area contributed by atoms with Gasteiger partial charge >= 0.3 is 0 Å². The minimum Gasteiger partial charge on any atom is -0.389 e. The van der Waals surface area contributed by atoms with E-state index in [0.29, 0.717) is 0 Å². The lowest BCUT2D eigenvalue weighted by Crippen LogP contribution is -2.29. The third-order valence-electron chi connectivity index (χ3n) is 2.80. The van der Waals surface area contributed by atoms with Gasteiger partial charge in [0.2, 0.25) is 0 Å². The zero-order valence-corrected chi connectivity index (χ0v) is 10.4. The molecular formula is C13H20OS. The fourth-order valence-electron chi connectivity index (χ4n) is 1.39. The van der Waals surface area contributed by atoms with Gasteiger partial charge in [-0.25, -0.2) is 0 Å². The van der Waals surface area contributed by atoms with Crippen molar-refractivity contribution in [2.75, 3.05) is 5.75 Å². The van der Waals surface area contributed by atoms with Crippen molar-refractivity contribution in [1.82, 2.24) is 0 Å². The first-order valence-electron chi connectivity index (χ1n) is 5.54. The quantitative estimate of drug-likeness (QED) is 0.798. The van der Waals surface area contributed by atoms with Gasteiger partial charge in [0.15, 0.2) is 0 Å². The summed E-state index contributed by atoms with van der Waals surface area (Å²) in [6.45, 7) is 4.10. The molecule has 0 radical (unpaired) electrons. The Kier molecular flexibility index (Phi) is 5.20. The van der Waals surface area contributed by atoms with Gasteiger partial charge in [0, 0.05) is 11.5 Å². The number of rotatable bonds is 6. The molecule has 1 aromatic rings. The summed E-state index contributed by atoms with van der Waals surface area (Å²) >= 11 is 1.81. The number of hydrogen-bond acceptors (Lipinski definition) is 2. The van der Waals surface area contributed by atoms with Gasteiger partial charge in [-0.1, -0.05) is 44.2 Å². The average molecular weight is 224 g/mol. The second kappa shape index (κ2) is 6.19. The molecule has 1 N–H and O–H groups in total. The summed E-state index contributed by atoms with van der Waals surface area (Å²) in [5, 5.41) is 10.1. The van der Waals surface area contributed by atoms with Gasteiger partial charge in [-0.3, -0.25) is 0 Å². The summed E-state index contributed by atoms with van der Waals surface area (Å²) in [5.41, 5.74) is 0.858. The maximum absolute atomic E-state index is 10.1. The van der Waals surface area contributed by atoms with E-state index in [1.165, 1.54) is 5.56 Å². The van der Waals surface area contributed by atoms with Crippen LogP contribution < -0.4 is 0 Å². The first-order valence-corrected chi connectivity index (χ1v) is 6.69. The minimum absolute atomic E-state index is 0.473. The smallest absolute Gasteiger partial charge is 0.0732 e. The molecule has 0 aliphatic carbocycles. The molecule has 0 saturated carbocycles. The van der Waals surface area contributed by atoms with E-state index in [4.69, 9.17) is 0 Å². The van der Waals surface area contributed by atoms with Crippen LogP contribution in [0.2, 0.25) is 0 Å². The number of benzene rings is 1. The molecule has 0 saturated heterocycles. The standard InChI is InChI=1S/C13H20OS/c1-3-13(14,4-2)11-15-10-12-8-6-5-7-9-12/h5-9,14H,3-4,10-11H2,1-2H3. The first kappa shape index (κ1) is 12.6. The van der Waals surface area contributed by atoms with E-state index in [1.54, 1.807) is 0 Å². The second-order valence-corrected chi connectivity index (χ2v) is 4.90. The van der Waals surface area contributed by atoms with Gasteiger partial charge in [0.05, 0.1) is 5.60 Å². The lowest BCUT2D eigenvalue weighted by Gasteiger charge is -2.24. The summed E-state index contributed by atoms with van der Waals surface area (Å²) in [4.78, 5) is 0. The van der Waals surface area contributed by atoms with Crippen LogP contribution in [-0.2, 0) is 5.75 Å². The van der Waals surface area contributed by atoms with Crippen molar-refractivity contribution in [3.8, 4) is 0 Å². The van der Waals surface area contributed by atoms with E-state index >= 15 is 0 Å². The molecule has 0 aliphatic heterocycles. The largest absolute Gasteiger partial charge is 0.389 e. The molecule has 0 bridgehead atoms. The van der Waals surface area contributed by atoms with Crippen molar-refractivity contribution in [2.24, 2.45) is 0 Å². The van der Waals surface area contributed by atoms with Crippen LogP contribution in [0.3, 0.4) is 0 Å². The lowest BCUT2D eigenvalue weighted by atomic mass is 10.0. The number of aliphatic hydroxyl groups is 1. The Bertz CT molecular complexity index is 267. The summed E-state index contributed by atoms with van der Waals surface area (Å²) in [7, 11) is 0. The predicted octanol–water partition coefficient (Wildman–Crippen LogP) is 3.47. The number of thioether (sulfide) groups is 1. The van der Waals surface area contributed by atoms with E-state index in [0.717, 1.165) is 24.3 Å². The molecule has 1 nitrogen and oxygen atoms in total. The highest BCUT2D eigenvalue weighted by Gasteiger charge is 2.21. The fraction of sp³-hybridized carbons (Fsp3) is 0.538. The molecule has 0 spiro atoms. The molecule has 0 atom stereocenters. The van der Waals surface area contributed by atoms with E-state index in [2.05, 4.69) is 24.3 Å². The van der Waals surface area contributed by atoms with Gasteiger partial charge in [-0.05, 0) is 18.4 Å². The Balaban J connectivity index is 2.33. The highest BCUT2D eigenvalue weighted by molar-refractivity contribution is 7.98. The third kappa shape index (κ3) is 4.27. The lowest BCUT2D eigenvalue weighted by molar-refractivity contribution is 0.0572. The SMILES string of the molecule is CCC(O)(CC)CSCc1ccccc1. The monoisotopic (exact) mass is 224 g/mol. The highest BCUT2D eigenvalue weighted by Crippen LogP contribution is 2.23. The van der Waals surface area contributed by atoms with E-state index in [1.807, 2.05) is 31.7 Å². The van der Waals surface area contributed by atoms with Crippen molar-refractivity contribution >= 4 is 11.8 Å². The van der Waals surface area contributed by atoms with E-state index in [9.17, 15) is 5.11 Å². The minimum atomic E-state index is -0.473. The summed E-state index contributed by atoms with van der Waals surface area (Å²) in [6.07, 6.45) is 1.68. The van der Waals surface area contributed by atoms with Crippen LogP contribution in [-0.4, -0.2) is 16.5 Å². The van der Waals surface area contributed by atoms with E-state index < -0.39 is 5.60 Å². The Morgan fingerprint density at radius 2 is 1.73 bits per heavy atom. The average Bonchev–Trinajstić information content (AvgIpc) is 2.30. The summed E-state index contributed by atoms with van der Waals surface area (Å²) in [6, 6.07) is 10.4. The van der Waals surface area contributed by atoms with E-state index in [-0.39, 0.29) is 0 Å². The van der Waals surface area contributed by atoms with Gasteiger partial charge in [-0.2, -0.15) is 11.8 Å². The Morgan fingerprint density at radius 1 is 1.13 bits per heavy atom. The summed E-state index contributed by atoms with van der Waals surface area (Å²) in [5.74, 6) is 1.82. The molecule has 1 rings (SSSR count). The Labute approximate surface area is 96.9 Å². The van der Waals surface area contributed by atoms with Crippen LogP contribution in [0, 0.1) is 0 Å². The molecule has 0 aliphatic rings. The van der Waals surface area contributed by atoms with Crippen LogP contribution in [0.4, 0.5) is 0 Å². The van der Waals surface area contributed by atoms with Crippen LogP contribution >= 0.6 is 11.8 Å².